The molecule has 1 aliphatic carbocycles. The molecule has 0 bridgehead atoms. The van der Waals surface area contributed by atoms with Crippen molar-refractivity contribution in [3.05, 3.63) is 18.2 Å². The van der Waals surface area contributed by atoms with Gasteiger partial charge in [0.1, 0.15) is 0 Å². The van der Waals surface area contributed by atoms with E-state index in [0.717, 1.165) is 11.8 Å². The summed E-state index contributed by atoms with van der Waals surface area (Å²) in [6.45, 7) is 5.88. The molecule has 112 valence electrons. The lowest BCUT2D eigenvalue weighted by atomic mass is 9.82. The Kier molecular flexibility index (Phi) is 4.45. The maximum absolute atomic E-state index is 4.43. The summed E-state index contributed by atoms with van der Waals surface area (Å²) in [6, 6.07) is 1.16. The van der Waals surface area contributed by atoms with Crippen LogP contribution in [0.15, 0.2) is 12.5 Å². The van der Waals surface area contributed by atoms with Crippen molar-refractivity contribution in [2.45, 2.75) is 77.4 Å². The first kappa shape index (κ1) is 14.1. The molecule has 1 saturated heterocycles. The lowest BCUT2D eigenvalue weighted by molar-refractivity contribution is 0.249. The molecule has 4 atom stereocenters. The van der Waals surface area contributed by atoms with E-state index in [9.17, 15) is 0 Å². The van der Waals surface area contributed by atoms with E-state index in [1.165, 1.54) is 57.2 Å². The second kappa shape index (κ2) is 6.30. The first-order chi connectivity index (χ1) is 9.72. The van der Waals surface area contributed by atoms with Gasteiger partial charge in [-0.3, -0.25) is 0 Å². The van der Waals surface area contributed by atoms with Crippen molar-refractivity contribution in [1.82, 2.24) is 14.9 Å². The van der Waals surface area contributed by atoms with E-state index >= 15 is 0 Å². The number of hydrogen-bond donors (Lipinski definition) is 1. The molecule has 0 spiro atoms. The minimum atomic E-state index is 0.516. The number of piperidine rings is 1. The first-order valence-corrected chi connectivity index (χ1v) is 8.48. The van der Waals surface area contributed by atoms with Gasteiger partial charge in [0, 0.05) is 24.8 Å². The molecule has 0 radical (unpaired) electrons. The average Bonchev–Trinajstić information content (AvgIpc) is 2.87. The Bertz CT molecular complexity index is 426. The highest BCUT2D eigenvalue weighted by molar-refractivity contribution is 5.07. The zero-order valence-electron chi connectivity index (χ0n) is 13.0. The van der Waals surface area contributed by atoms with Crippen LogP contribution in [0, 0.1) is 11.8 Å². The Balaban J connectivity index is 1.66. The van der Waals surface area contributed by atoms with E-state index in [1.54, 1.807) is 0 Å². The van der Waals surface area contributed by atoms with Crippen LogP contribution < -0.4 is 5.32 Å². The van der Waals surface area contributed by atoms with Crippen LogP contribution in [0.1, 0.15) is 70.5 Å². The number of rotatable bonds is 3. The van der Waals surface area contributed by atoms with Gasteiger partial charge in [0.2, 0.25) is 0 Å². The number of nitrogens with one attached hydrogen (secondary N) is 1. The monoisotopic (exact) mass is 275 g/mol. The van der Waals surface area contributed by atoms with Crippen LogP contribution in [0.4, 0.5) is 0 Å². The van der Waals surface area contributed by atoms with Gasteiger partial charge in [-0.2, -0.15) is 0 Å². The largest absolute Gasteiger partial charge is 0.333 e. The zero-order valence-corrected chi connectivity index (χ0v) is 13.0. The molecule has 1 aliphatic heterocycles. The number of nitrogens with zero attached hydrogens (tertiary/aromatic N) is 2. The van der Waals surface area contributed by atoms with Gasteiger partial charge in [-0.1, -0.05) is 19.8 Å². The summed E-state index contributed by atoms with van der Waals surface area (Å²) in [5.74, 6) is 1.77. The normalized spacial score (nSPS) is 35.1. The van der Waals surface area contributed by atoms with Gasteiger partial charge in [-0.25, -0.2) is 4.98 Å². The Morgan fingerprint density at radius 3 is 2.85 bits per heavy atom. The van der Waals surface area contributed by atoms with Crippen molar-refractivity contribution < 1.29 is 0 Å². The van der Waals surface area contributed by atoms with E-state index in [4.69, 9.17) is 0 Å². The van der Waals surface area contributed by atoms with Crippen LogP contribution in [-0.2, 0) is 6.54 Å². The van der Waals surface area contributed by atoms with Crippen LogP contribution in [0.25, 0.3) is 0 Å². The predicted octanol–water partition coefficient (Wildman–Crippen LogP) is 3.91. The molecule has 4 unspecified atom stereocenters. The van der Waals surface area contributed by atoms with Crippen LogP contribution in [0.5, 0.6) is 0 Å². The fourth-order valence-electron chi connectivity index (χ4n) is 4.15. The molecule has 2 fully saturated rings. The van der Waals surface area contributed by atoms with Crippen LogP contribution in [-0.4, -0.2) is 15.6 Å². The molecule has 1 aromatic rings. The fraction of sp³-hybridized carbons (Fsp3) is 0.824. The summed E-state index contributed by atoms with van der Waals surface area (Å²) >= 11 is 0. The van der Waals surface area contributed by atoms with Gasteiger partial charge >= 0.3 is 0 Å². The molecule has 3 heteroatoms. The van der Waals surface area contributed by atoms with Gasteiger partial charge < -0.3 is 9.88 Å². The molecule has 1 aromatic heterocycles. The van der Waals surface area contributed by atoms with Gasteiger partial charge in [-0.15, -0.1) is 0 Å². The van der Waals surface area contributed by atoms with Crippen LogP contribution in [0.2, 0.25) is 0 Å². The summed E-state index contributed by atoms with van der Waals surface area (Å²) in [4.78, 5) is 4.43. The fourth-order valence-corrected chi connectivity index (χ4v) is 4.15. The summed E-state index contributed by atoms with van der Waals surface area (Å²) in [6.07, 6.45) is 13.7. The molecule has 3 nitrogen and oxygen atoms in total. The third-order valence-corrected chi connectivity index (χ3v) is 5.22. The first-order valence-electron chi connectivity index (χ1n) is 8.48. The van der Waals surface area contributed by atoms with E-state index in [2.05, 4.69) is 41.2 Å². The molecule has 2 aliphatic rings. The summed E-state index contributed by atoms with van der Waals surface area (Å²) in [5, 5.41) is 3.74. The quantitative estimate of drug-likeness (QED) is 0.906. The van der Waals surface area contributed by atoms with Crippen molar-refractivity contribution in [2.24, 2.45) is 11.8 Å². The molecule has 2 heterocycles. The Labute approximate surface area is 123 Å². The molecular weight excluding hydrogens is 246 g/mol. The summed E-state index contributed by atoms with van der Waals surface area (Å²) in [5.41, 5.74) is 1.41. The standard InChI is InChI=1S/C17H29N3/c1-13-5-3-7-15(9-13)11-20-12-18-10-17(20)16-8-4-6-14(2)19-16/h10,12-16,19H,3-9,11H2,1-2H3. The number of aromatic nitrogens is 2. The van der Waals surface area contributed by atoms with Crippen molar-refractivity contribution in [2.75, 3.05) is 0 Å². The lowest BCUT2D eigenvalue weighted by Crippen LogP contribution is -2.36. The van der Waals surface area contributed by atoms with E-state index in [0.29, 0.717) is 12.1 Å². The third-order valence-electron chi connectivity index (χ3n) is 5.22. The second-order valence-corrected chi connectivity index (χ2v) is 7.16. The molecule has 0 amide bonds. The van der Waals surface area contributed by atoms with Crippen molar-refractivity contribution >= 4 is 0 Å². The zero-order chi connectivity index (χ0) is 13.9. The second-order valence-electron chi connectivity index (χ2n) is 7.16. The highest BCUT2D eigenvalue weighted by Gasteiger charge is 2.24. The average molecular weight is 275 g/mol. The topological polar surface area (TPSA) is 29.9 Å². The Morgan fingerprint density at radius 1 is 1.20 bits per heavy atom. The highest BCUT2D eigenvalue weighted by atomic mass is 15.1. The van der Waals surface area contributed by atoms with E-state index < -0.39 is 0 Å². The Hall–Kier alpha value is -0.830. The summed E-state index contributed by atoms with van der Waals surface area (Å²) in [7, 11) is 0. The maximum atomic E-state index is 4.43. The molecule has 3 rings (SSSR count). The smallest absolute Gasteiger partial charge is 0.0948 e. The number of hydrogen-bond acceptors (Lipinski definition) is 2. The van der Waals surface area contributed by atoms with Gasteiger partial charge in [0.25, 0.3) is 0 Å². The Morgan fingerprint density at radius 2 is 2.05 bits per heavy atom. The molecule has 1 N–H and O–H groups in total. The van der Waals surface area contributed by atoms with Crippen molar-refractivity contribution in [3.63, 3.8) is 0 Å². The van der Waals surface area contributed by atoms with Crippen LogP contribution >= 0.6 is 0 Å². The number of imidazole rings is 1. The van der Waals surface area contributed by atoms with E-state index in [1.807, 2.05) is 0 Å². The molecule has 20 heavy (non-hydrogen) atoms. The van der Waals surface area contributed by atoms with Crippen molar-refractivity contribution in [1.29, 1.82) is 0 Å². The minimum Gasteiger partial charge on any atom is -0.333 e. The molecular formula is C17H29N3. The van der Waals surface area contributed by atoms with Crippen molar-refractivity contribution in [3.8, 4) is 0 Å². The van der Waals surface area contributed by atoms with Gasteiger partial charge in [0.15, 0.2) is 0 Å². The maximum Gasteiger partial charge on any atom is 0.0948 e. The molecule has 1 saturated carbocycles. The lowest BCUT2D eigenvalue weighted by Gasteiger charge is -2.31. The van der Waals surface area contributed by atoms with Crippen LogP contribution in [0.3, 0.4) is 0 Å². The highest BCUT2D eigenvalue weighted by Crippen LogP contribution is 2.31. The predicted molar refractivity (Wildman–Crippen MR) is 82.5 cm³/mol. The minimum absolute atomic E-state index is 0.516. The molecule has 0 aromatic carbocycles. The summed E-state index contributed by atoms with van der Waals surface area (Å²) < 4.78 is 2.43. The van der Waals surface area contributed by atoms with E-state index in [-0.39, 0.29) is 0 Å². The third kappa shape index (κ3) is 3.25. The van der Waals surface area contributed by atoms with Gasteiger partial charge in [-0.05, 0) is 50.9 Å². The SMILES string of the molecule is CC1CCCC(Cn2cncc2C2CCCC(C)N2)C1. The van der Waals surface area contributed by atoms with Gasteiger partial charge in [0.05, 0.1) is 12.0 Å².